The summed E-state index contributed by atoms with van der Waals surface area (Å²) in [5.41, 5.74) is 3.41. The summed E-state index contributed by atoms with van der Waals surface area (Å²) < 4.78 is 5.44. The van der Waals surface area contributed by atoms with E-state index in [0.29, 0.717) is 25.1 Å². The van der Waals surface area contributed by atoms with Crippen LogP contribution in [0.4, 0.5) is 5.69 Å². The fourth-order valence-corrected chi connectivity index (χ4v) is 3.25. The zero-order chi connectivity index (χ0) is 18.7. The minimum absolute atomic E-state index is 0.0859. The molecule has 1 heterocycles. The van der Waals surface area contributed by atoms with Crippen molar-refractivity contribution in [2.45, 2.75) is 33.2 Å². The van der Waals surface area contributed by atoms with Gasteiger partial charge in [-0.1, -0.05) is 12.1 Å². The van der Waals surface area contributed by atoms with Crippen LogP contribution in [-0.2, 0) is 11.2 Å². The highest BCUT2D eigenvalue weighted by Gasteiger charge is 2.26. The molecule has 5 heteroatoms. The van der Waals surface area contributed by atoms with Gasteiger partial charge in [0.1, 0.15) is 5.75 Å². The Morgan fingerprint density at radius 1 is 1.19 bits per heavy atom. The number of carbonyl (C=O) groups excluding carboxylic acids is 2. The number of amides is 2. The van der Waals surface area contributed by atoms with E-state index in [1.807, 2.05) is 57.2 Å². The highest BCUT2D eigenvalue weighted by atomic mass is 16.5. The lowest BCUT2D eigenvalue weighted by Gasteiger charge is -2.16. The van der Waals surface area contributed by atoms with Gasteiger partial charge in [0.25, 0.3) is 5.91 Å². The maximum absolute atomic E-state index is 12.6. The van der Waals surface area contributed by atoms with Gasteiger partial charge in [-0.2, -0.15) is 0 Å². The van der Waals surface area contributed by atoms with Gasteiger partial charge in [0.2, 0.25) is 5.91 Å². The summed E-state index contributed by atoms with van der Waals surface area (Å²) in [6.07, 6.45) is 0.360. The summed E-state index contributed by atoms with van der Waals surface area (Å²) >= 11 is 0. The Kier molecular flexibility index (Phi) is 5.26. The number of anilines is 1. The molecule has 1 atom stereocenters. The normalized spacial score (nSPS) is 14.1. The Labute approximate surface area is 154 Å². The molecule has 26 heavy (non-hydrogen) atoms. The molecule has 0 saturated heterocycles. The van der Waals surface area contributed by atoms with Crippen molar-refractivity contribution in [1.29, 1.82) is 0 Å². The van der Waals surface area contributed by atoms with Crippen molar-refractivity contribution in [2.24, 2.45) is 0 Å². The molecule has 1 N–H and O–H groups in total. The molecule has 1 unspecified atom stereocenters. The third-order valence-electron chi connectivity index (χ3n) is 4.63. The average molecular weight is 352 g/mol. The number of fused-ring (bicyclic) bond motifs is 1. The largest absolute Gasteiger partial charge is 0.494 e. The number of ether oxygens (including phenoxy) is 1. The average Bonchev–Trinajstić information content (AvgIpc) is 2.96. The lowest BCUT2D eigenvalue weighted by Crippen LogP contribution is -2.27. The SMILES string of the molecule is CCOc1ccc(C(C)NC(=O)c2ccc3c(c2)CC(=O)N3CC)cc1. The van der Waals surface area contributed by atoms with Gasteiger partial charge in [0.05, 0.1) is 19.1 Å². The van der Waals surface area contributed by atoms with Crippen LogP contribution in [0.1, 0.15) is 48.3 Å². The van der Waals surface area contributed by atoms with E-state index in [1.165, 1.54) is 0 Å². The smallest absolute Gasteiger partial charge is 0.251 e. The van der Waals surface area contributed by atoms with E-state index in [2.05, 4.69) is 5.32 Å². The first-order valence-electron chi connectivity index (χ1n) is 9.00. The number of nitrogens with zero attached hydrogens (tertiary/aromatic N) is 1. The molecule has 0 radical (unpaired) electrons. The third kappa shape index (κ3) is 3.57. The van der Waals surface area contributed by atoms with Crippen LogP contribution in [0.3, 0.4) is 0 Å². The fraction of sp³-hybridized carbons (Fsp3) is 0.333. The number of likely N-dealkylation sites (N-methyl/N-ethyl adjacent to an activating group) is 1. The molecule has 5 nitrogen and oxygen atoms in total. The zero-order valence-corrected chi connectivity index (χ0v) is 15.4. The summed E-state index contributed by atoms with van der Waals surface area (Å²) in [4.78, 5) is 26.3. The molecule has 0 aromatic heterocycles. The van der Waals surface area contributed by atoms with Gasteiger partial charge in [-0.15, -0.1) is 0 Å². The summed E-state index contributed by atoms with van der Waals surface area (Å²) in [7, 11) is 0. The predicted octanol–water partition coefficient (Wildman–Crippen LogP) is 3.49. The van der Waals surface area contributed by atoms with E-state index in [0.717, 1.165) is 22.6 Å². The Morgan fingerprint density at radius 3 is 2.58 bits per heavy atom. The number of benzene rings is 2. The molecule has 1 aliphatic rings. The van der Waals surface area contributed by atoms with Crippen LogP contribution in [-0.4, -0.2) is 25.0 Å². The monoisotopic (exact) mass is 352 g/mol. The van der Waals surface area contributed by atoms with E-state index in [1.54, 1.807) is 11.0 Å². The Balaban J connectivity index is 1.70. The van der Waals surface area contributed by atoms with E-state index in [4.69, 9.17) is 4.74 Å². The maximum atomic E-state index is 12.6. The van der Waals surface area contributed by atoms with E-state index in [-0.39, 0.29) is 17.9 Å². The van der Waals surface area contributed by atoms with E-state index in [9.17, 15) is 9.59 Å². The minimum atomic E-state index is -0.142. The molecule has 0 saturated carbocycles. The van der Waals surface area contributed by atoms with Crippen LogP contribution in [0.2, 0.25) is 0 Å². The van der Waals surface area contributed by atoms with Gasteiger partial charge in [-0.25, -0.2) is 0 Å². The standard InChI is InChI=1S/C21H24N2O3/c1-4-23-19-11-8-16(12-17(19)13-20(23)24)21(25)22-14(3)15-6-9-18(10-7-15)26-5-2/h6-12,14H,4-5,13H2,1-3H3,(H,22,25). The Bertz CT molecular complexity index is 815. The van der Waals surface area contributed by atoms with E-state index >= 15 is 0 Å². The van der Waals surface area contributed by atoms with Crippen molar-refractivity contribution >= 4 is 17.5 Å². The van der Waals surface area contributed by atoms with Crippen molar-refractivity contribution in [3.05, 3.63) is 59.2 Å². The van der Waals surface area contributed by atoms with Crippen molar-refractivity contribution in [1.82, 2.24) is 5.32 Å². The number of carbonyl (C=O) groups is 2. The number of rotatable bonds is 6. The van der Waals surface area contributed by atoms with E-state index < -0.39 is 0 Å². The van der Waals surface area contributed by atoms with Gasteiger partial charge < -0.3 is 15.0 Å². The molecule has 2 aromatic rings. The first-order valence-corrected chi connectivity index (χ1v) is 9.00. The lowest BCUT2D eigenvalue weighted by atomic mass is 10.1. The molecule has 0 bridgehead atoms. The van der Waals surface area contributed by atoms with Gasteiger partial charge >= 0.3 is 0 Å². The molecule has 2 aromatic carbocycles. The summed E-state index contributed by atoms with van der Waals surface area (Å²) in [5.74, 6) is 0.762. The molecule has 136 valence electrons. The van der Waals surface area contributed by atoms with Gasteiger partial charge in [0, 0.05) is 17.8 Å². The summed E-state index contributed by atoms with van der Waals surface area (Å²) in [5, 5.41) is 3.01. The Morgan fingerprint density at radius 2 is 1.92 bits per heavy atom. The van der Waals surface area contributed by atoms with Crippen molar-refractivity contribution in [3.8, 4) is 5.75 Å². The molecule has 0 aliphatic carbocycles. The predicted molar refractivity (Wildman–Crippen MR) is 102 cm³/mol. The Hall–Kier alpha value is -2.82. The van der Waals surface area contributed by atoms with Gasteiger partial charge in [-0.3, -0.25) is 9.59 Å². The van der Waals surface area contributed by atoms with Crippen LogP contribution in [0.25, 0.3) is 0 Å². The second-order valence-corrected chi connectivity index (χ2v) is 6.36. The summed E-state index contributed by atoms with van der Waals surface area (Å²) in [6, 6.07) is 13.1. The van der Waals surface area contributed by atoms with Crippen LogP contribution in [0, 0.1) is 0 Å². The third-order valence-corrected chi connectivity index (χ3v) is 4.63. The lowest BCUT2D eigenvalue weighted by molar-refractivity contribution is -0.117. The molecule has 0 spiro atoms. The van der Waals surface area contributed by atoms with Crippen LogP contribution in [0.5, 0.6) is 5.75 Å². The molecular weight excluding hydrogens is 328 g/mol. The summed E-state index contributed by atoms with van der Waals surface area (Å²) in [6.45, 7) is 7.12. The first-order chi connectivity index (χ1) is 12.5. The molecule has 0 fully saturated rings. The number of hydrogen-bond donors (Lipinski definition) is 1. The zero-order valence-electron chi connectivity index (χ0n) is 15.4. The first kappa shape index (κ1) is 18.0. The minimum Gasteiger partial charge on any atom is -0.494 e. The van der Waals surface area contributed by atoms with Gasteiger partial charge in [0.15, 0.2) is 0 Å². The quantitative estimate of drug-likeness (QED) is 0.866. The maximum Gasteiger partial charge on any atom is 0.251 e. The second-order valence-electron chi connectivity index (χ2n) is 6.36. The highest BCUT2D eigenvalue weighted by molar-refractivity contribution is 6.03. The molecule has 1 aliphatic heterocycles. The van der Waals surface area contributed by atoms with Crippen LogP contribution in [0.15, 0.2) is 42.5 Å². The molecule has 2 amide bonds. The fourth-order valence-electron chi connectivity index (χ4n) is 3.25. The molecule has 3 rings (SSSR count). The van der Waals surface area contributed by atoms with Crippen molar-refractivity contribution in [3.63, 3.8) is 0 Å². The van der Waals surface area contributed by atoms with Crippen LogP contribution < -0.4 is 15.0 Å². The topological polar surface area (TPSA) is 58.6 Å². The van der Waals surface area contributed by atoms with Crippen molar-refractivity contribution < 1.29 is 14.3 Å². The molecular formula is C21H24N2O3. The number of hydrogen-bond acceptors (Lipinski definition) is 3. The number of nitrogens with one attached hydrogen (secondary N) is 1. The van der Waals surface area contributed by atoms with Crippen LogP contribution >= 0.6 is 0 Å². The highest BCUT2D eigenvalue weighted by Crippen LogP contribution is 2.29. The van der Waals surface area contributed by atoms with Gasteiger partial charge in [-0.05, 0) is 62.2 Å². The second kappa shape index (κ2) is 7.60. The van der Waals surface area contributed by atoms with Crippen molar-refractivity contribution in [2.75, 3.05) is 18.1 Å².